The van der Waals surface area contributed by atoms with Gasteiger partial charge >= 0.3 is 6.03 Å². The highest BCUT2D eigenvalue weighted by atomic mass is 19.1. The number of nitrogens with one attached hydrogen (secondary N) is 1. The third-order valence-electron chi connectivity index (χ3n) is 4.12. The molecule has 1 fully saturated rings. The van der Waals surface area contributed by atoms with Crippen LogP contribution in [0.25, 0.3) is 0 Å². The molecule has 1 N–H and O–H groups in total. The average molecular weight is 321 g/mol. The molecule has 126 valence electrons. The summed E-state index contributed by atoms with van der Waals surface area (Å²) in [7, 11) is 3.37. The van der Waals surface area contributed by atoms with E-state index in [4.69, 9.17) is 0 Å². The van der Waals surface area contributed by atoms with E-state index in [1.54, 1.807) is 25.1 Å². The molecule has 0 radical (unpaired) electrons. The van der Waals surface area contributed by atoms with Crippen molar-refractivity contribution in [2.45, 2.75) is 25.8 Å². The van der Waals surface area contributed by atoms with Crippen LogP contribution in [0.5, 0.6) is 0 Å². The lowest BCUT2D eigenvalue weighted by Crippen LogP contribution is -2.41. The van der Waals surface area contributed by atoms with Crippen molar-refractivity contribution < 1.29 is 14.0 Å². The highest BCUT2D eigenvalue weighted by molar-refractivity contribution is 5.78. The molecule has 1 aromatic carbocycles. The summed E-state index contributed by atoms with van der Waals surface area (Å²) in [6.07, 6.45) is 1.08. The second-order valence-electron chi connectivity index (χ2n) is 6.33. The smallest absolute Gasteiger partial charge is 0.317 e. The van der Waals surface area contributed by atoms with Gasteiger partial charge in [0.25, 0.3) is 0 Å². The lowest BCUT2D eigenvalue weighted by atomic mass is 10.0. The average Bonchev–Trinajstić information content (AvgIpc) is 2.89. The van der Waals surface area contributed by atoms with Gasteiger partial charge < -0.3 is 15.1 Å². The van der Waals surface area contributed by atoms with Gasteiger partial charge in [-0.25, -0.2) is 9.18 Å². The van der Waals surface area contributed by atoms with Crippen molar-refractivity contribution in [3.05, 3.63) is 35.6 Å². The minimum atomic E-state index is -0.293. The molecular weight excluding hydrogens is 297 g/mol. The fourth-order valence-corrected chi connectivity index (χ4v) is 2.90. The monoisotopic (exact) mass is 321 g/mol. The Morgan fingerprint density at radius 1 is 1.39 bits per heavy atom. The topological polar surface area (TPSA) is 52.7 Å². The summed E-state index contributed by atoms with van der Waals surface area (Å²) in [5.41, 5.74) is 0.814. The normalized spacial score (nSPS) is 20.4. The van der Waals surface area contributed by atoms with Crippen LogP contribution >= 0.6 is 0 Å². The maximum absolute atomic E-state index is 13.5. The van der Waals surface area contributed by atoms with Gasteiger partial charge in [-0.1, -0.05) is 19.1 Å². The molecule has 6 heteroatoms. The largest absolute Gasteiger partial charge is 0.349 e. The molecule has 2 atom stereocenters. The first kappa shape index (κ1) is 17.2. The van der Waals surface area contributed by atoms with E-state index in [0.717, 1.165) is 12.0 Å². The first-order chi connectivity index (χ1) is 10.9. The van der Waals surface area contributed by atoms with E-state index in [1.165, 1.54) is 17.0 Å². The van der Waals surface area contributed by atoms with Crippen LogP contribution in [0.4, 0.5) is 9.18 Å². The Labute approximate surface area is 136 Å². The maximum Gasteiger partial charge on any atom is 0.317 e. The second kappa shape index (κ2) is 7.44. The summed E-state index contributed by atoms with van der Waals surface area (Å²) >= 11 is 0. The molecule has 2 unspecified atom stereocenters. The van der Waals surface area contributed by atoms with Crippen molar-refractivity contribution in [3.8, 4) is 0 Å². The summed E-state index contributed by atoms with van der Waals surface area (Å²) in [5, 5.41) is 2.79. The van der Waals surface area contributed by atoms with Gasteiger partial charge in [0.1, 0.15) is 5.82 Å². The van der Waals surface area contributed by atoms with E-state index in [0.29, 0.717) is 19.0 Å². The Morgan fingerprint density at radius 2 is 2.13 bits per heavy atom. The van der Waals surface area contributed by atoms with Crippen molar-refractivity contribution >= 4 is 11.9 Å². The van der Waals surface area contributed by atoms with Crippen LogP contribution in [-0.2, 0) is 4.79 Å². The van der Waals surface area contributed by atoms with Crippen LogP contribution in [0.2, 0.25) is 0 Å². The number of benzene rings is 1. The van der Waals surface area contributed by atoms with Crippen molar-refractivity contribution in [3.63, 3.8) is 0 Å². The molecular formula is C17H24FN3O2. The Kier molecular flexibility index (Phi) is 5.58. The number of hydrogen-bond donors (Lipinski definition) is 1. The molecule has 5 nitrogen and oxygen atoms in total. The Balaban J connectivity index is 1.99. The van der Waals surface area contributed by atoms with Gasteiger partial charge in [-0.05, 0) is 30.0 Å². The molecule has 0 saturated carbocycles. The molecule has 0 bridgehead atoms. The number of urea groups is 1. The number of rotatable bonds is 4. The van der Waals surface area contributed by atoms with Crippen LogP contribution < -0.4 is 5.32 Å². The summed E-state index contributed by atoms with van der Waals surface area (Å²) in [6.45, 7) is 3.01. The van der Waals surface area contributed by atoms with E-state index in [9.17, 15) is 14.0 Å². The number of nitrogens with zero attached hydrogens (tertiary/aromatic N) is 2. The van der Waals surface area contributed by atoms with E-state index in [-0.39, 0.29) is 30.2 Å². The molecule has 1 aliphatic rings. The van der Waals surface area contributed by atoms with Gasteiger partial charge in [0.2, 0.25) is 5.91 Å². The van der Waals surface area contributed by atoms with Crippen molar-refractivity contribution in [1.29, 1.82) is 0 Å². The summed E-state index contributed by atoms with van der Waals surface area (Å²) in [6, 6.07) is 6.08. The minimum absolute atomic E-state index is 0.0261. The zero-order chi connectivity index (χ0) is 17.0. The molecule has 23 heavy (non-hydrogen) atoms. The molecule has 3 amide bonds. The number of carbonyl (C=O) groups excluding carboxylic acids is 2. The Hall–Kier alpha value is -2.11. The molecule has 0 spiro atoms. The molecule has 1 saturated heterocycles. The standard InChI is InChI=1S/C17H24FN3O2/c1-12-9-15(13-5-4-6-14(18)10-13)21(11-12)17(23)19-8-7-16(22)20(2)3/h4-6,10,12,15H,7-9,11H2,1-3H3,(H,19,23). The quantitative estimate of drug-likeness (QED) is 0.926. The van der Waals surface area contributed by atoms with E-state index >= 15 is 0 Å². The fourth-order valence-electron chi connectivity index (χ4n) is 2.90. The molecule has 0 aromatic heterocycles. The maximum atomic E-state index is 13.5. The van der Waals surface area contributed by atoms with Crippen LogP contribution in [0.3, 0.4) is 0 Å². The van der Waals surface area contributed by atoms with E-state index < -0.39 is 0 Å². The molecule has 0 aliphatic carbocycles. The van der Waals surface area contributed by atoms with Crippen LogP contribution in [0.15, 0.2) is 24.3 Å². The zero-order valence-electron chi connectivity index (χ0n) is 13.9. The number of carbonyl (C=O) groups is 2. The van der Waals surface area contributed by atoms with Crippen LogP contribution in [0, 0.1) is 11.7 Å². The second-order valence-corrected chi connectivity index (χ2v) is 6.33. The molecule has 1 heterocycles. The molecule has 1 aliphatic heterocycles. The number of halogens is 1. The van der Waals surface area contributed by atoms with Gasteiger partial charge in [0.15, 0.2) is 0 Å². The fraction of sp³-hybridized carbons (Fsp3) is 0.529. The van der Waals surface area contributed by atoms with Gasteiger partial charge in [-0.15, -0.1) is 0 Å². The number of amides is 3. The third kappa shape index (κ3) is 4.43. The zero-order valence-corrected chi connectivity index (χ0v) is 13.9. The first-order valence-corrected chi connectivity index (χ1v) is 7.88. The summed E-state index contributed by atoms with van der Waals surface area (Å²) < 4.78 is 13.5. The van der Waals surface area contributed by atoms with E-state index in [2.05, 4.69) is 12.2 Å². The Morgan fingerprint density at radius 3 is 2.78 bits per heavy atom. The summed E-state index contributed by atoms with van der Waals surface area (Å²) in [4.78, 5) is 27.2. The summed E-state index contributed by atoms with van der Waals surface area (Å²) in [5.74, 6) is 0.0400. The van der Waals surface area contributed by atoms with Crippen molar-refractivity contribution in [2.75, 3.05) is 27.2 Å². The first-order valence-electron chi connectivity index (χ1n) is 7.88. The van der Waals surface area contributed by atoms with Gasteiger partial charge in [0.05, 0.1) is 6.04 Å². The van der Waals surface area contributed by atoms with Crippen molar-refractivity contribution in [2.24, 2.45) is 5.92 Å². The highest BCUT2D eigenvalue weighted by Crippen LogP contribution is 2.35. The predicted molar refractivity (Wildman–Crippen MR) is 86.3 cm³/mol. The SMILES string of the molecule is CC1CC(c2cccc(F)c2)N(C(=O)NCCC(=O)N(C)C)C1. The Bertz CT molecular complexity index is 577. The predicted octanol–water partition coefficient (Wildman–Crippen LogP) is 2.40. The third-order valence-corrected chi connectivity index (χ3v) is 4.12. The van der Waals surface area contributed by atoms with Crippen LogP contribution in [0.1, 0.15) is 31.4 Å². The number of likely N-dealkylation sites (tertiary alicyclic amines) is 1. The highest BCUT2D eigenvalue weighted by Gasteiger charge is 2.34. The molecule has 1 aromatic rings. The lowest BCUT2D eigenvalue weighted by molar-refractivity contribution is -0.128. The molecule has 2 rings (SSSR count). The minimum Gasteiger partial charge on any atom is -0.349 e. The van der Waals surface area contributed by atoms with Gasteiger partial charge in [-0.2, -0.15) is 0 Å². The lowest BCUT2D eigenvalue weighted by Gasteiger charge is -2.25. The van der Waals surface area contributed by atoms with Crippen LogP contribution in [-0.4, -0.2) is 48.9 Å². The number of hydrogen-bond acceptors (Lipinski definition) is 2. The van der Waals surface area contributed by atoms with Crippen molar-refractivity contribution in [1.82, 2.24) is 15.1 Å². The van der Waals surface area contributed by atoms with Gasteiger partial charge in [0, 0.05) is 33.6 Å². The van der Waals surface area contributed by atoms with Gasteiger partial charge in [-0.3, -0.25) is 4.79 Å². The van der Waals surface area contributed by atoms with E-state index in [1.807, 2.05) is 6.07 Å².